The molecule has 2 amide bonds. The van der Waals surface area contributed by atoms with Crippen LogP contribution in [0.2, 0.25) is 0 Å². The molecular formula is C28H25N5O5S. The highest BCUT2D eigenvalue weighted by Gasteiger charge is 2.37. The molecule has 1 fully saturated rings. The van der Waals surface area contributed by atoms with E-state index in [9.17, 15) is 14.7 Å². The Balaban J connectivity index is 1.28. The molecule has 3 heterocycles. The normalized spacial score (nSPS) is 20.9. The van der Waals surface area contributed by atoms with E-state index >= 15 is 0 Å². The van der Waals surface area contributed by atoms with E-state index in [1.807, 2.05) is 30.3 Å². The van der Waals surface area contributed by atoms with Crippen molar-refractivity contribution in [2.75, 3.05) is 10.7 Å². The van der Waals surface area contributed by atoms with Crippen molar-refractivity contribution >= 4 is 29.3 Å². The molecule has 0 spiro atoms. The number of aliphatic hydroxyl groups excluding tert-OH is 1. The first-order valence-corrected chi connectivity index (χ1v) is 13.4. The van der Waals surface area contributed by atoms with Crippen molar-refractivity contribution in [1.29, 1.82) is 0 Å². The van der Waals surface area contributed by atoms with Gasteiger partial charge in [-0.05, 0) is 45.8 Å². The minimum Gasteiger partial charge on any atom is -0.392 e. The van der Waals surface area contributed by atoms with Gasteiger partial charge in [0.25, 0.3) is 11.8 Å². The molecule has 3 aromatic carbocycles. The number of aromatic nitrogens is 4. The second kappa shape index (κ2) is 10.7. The first-order valence-electron chi connectivity index (χ1n) is 12.5. The smallest absolute Gasteiger partial charge is 0.266 e. The lowest BCUT2D eigenvalue weighted by Gasteiger charge is -2.36. The molecule has 0 unspecified atom stereocenters. The van der Waals surface area contributed by atoms with E-state index in [0.717, 1.165) is 11.1 Å². The number of rotatable bonds is 7. The fraction of sp³-hybridized carbons (Fsp3) is 0.250. The van der Waals surface area contributed by atoms with Gasteiger partial charge in [-0.2, -0.15) is 0 Å². The molecule has 0 bridgehead atoms. The fourth-order valence-corrected chi connectivity index (χ4v) is 5.64. The van der Waals surface area contributed by atoms with E-state index in [2.05, 4.69) is 15.5 Å². The number of carbonyl (C=O) groups excluding carboxylic acids is 2. The van der Waals surface area contributed by atoms with Gasteiger partial charge in [0.05, 0.1) is 35.6 Å². The van der Waals surface area contributed by atoms with Crippen molar-refractivity contribution in [1.82, 2.24) is 20.2 Å². The SMILES string of the molecule is Cn1nnnc1SC[C@H]1C[C@@H](c2ccc(CO)cc2)O[C@@H](c2cccc(N3C(=O)c4ccccc4C3=O)c2)O1. The number of fused-ring (bicyclic) bond motifs is 1. The van der Waals surface area contributed by atoms with Crippen molar-refractivity contribution in [3.63, 3.8) is 0 Å². The predicted molar refractivity (Wildman–Crippen MR) is 142 cm³/mol. The molecule has 1 saturated heterocycles. The van der Waals surface area contributed by atoms with Gasteiger partial charge < -0.3 is 14.6 Å². The summed E-state index contributed by atoms with van der Waals surface area (Å²) in [6, 6.07) is 21.6. The minimum absolute atomic E-state index is 0.0346. The molecule has 3 atom stereocenters. The minimum atomic E-state index is -0.736. The lowest BCUT2D eigenvalue weighted by atomic mass is 10.0. The number of amides is 2. The van der Waals surface area contributed by atoms with Gasteiger partial charge in [0.1, 0.15) is 0 Å². The van der Waals surface area contributed by atoms with Crippen molar-refractivity contribution in [2.45, 2.75) is 36.7 Å². The van der Waals surface area contributed by atoms with Crippen LogP contribution in [0.15, 0.2) is 78.0 Å². The molecule has 2 aliphatic rings. The molecule has 10 nitrogen and oxygen atoms in total. The second-order valence-corrected chi connectivity index (χ2v) is 10.3. The number of imide groups is 1. The van der Waals surface area contributed by atoms with Gasteiger partial charge in [-0.3, -0.25) is 9.59 Å². The number of anilines is 1. The van der Waals surface area contributed by atoms with Gasteiger partial charge in [-0.15, -0.1) is 5.10 Å². The number of carbonyl (C=O) groups is 2. The number of ether oxygens (including phenoxy) is 2. The molecule has 4 aromatic rings. The Labute approximate surface area is 228 Å². The summed E-state index contributed by atoms with van der Waals surface area (Å²) in [7, 11) is 1.78. The van der Waals surface area contributed by atoms with Crippen LogP contribution in [0.4, 0.5) is 5.69 Å². The average Bonchev–Trinajstić information content (AvgIpc) is 3.51. The van der Waals surface area contributed by atoms with Gasteiger partial charge in [-0.25, -0.2) is 9.58 Å². The van der Waals surface area contributed by atoms with Crippen molar-refractivity contribution in [3.8, 4) is 0 Å². The third-order valence-electron chi connectivity index (χ3n) is 6.79. The number of hydrogen-bond acceptors (Lipinski definition) is 9. The summed E-state index contributed by atoms with van der Waals surface area (Å²) < 4.78 is 14.4. The Morgan fingerprint density at radius 3 is 2.36 bits per heavy atom. The topological polar surface area (TPSA) is 120 Å². The van der Waals surface area contributed by atoms with E-state index in [4.69, 9.17) is 9.47 Å². The summed E-state index contributed by atoms with van der Waals surface area (Å²) in [5.41, 5.74) is 3.71. The highest BCUT2D eigenvalue weighted by molar-refractivity contribution is 7.99. The molecule has 0 aliphatic carbocycles. The standard InChI is InChI=1S/C28H25N5O5S/c1-32-28(29-30-31-32)39-16-21-14-24(18-11-9-17(15-34)10-12-18)38-27(37-21)19-5-4-6-20(13-19)33-25(35)22-7-2-3-8-23(22)26(33)36/h2-13,21,24,27,34H,14-16H2,1H3/t21-,24+,27+/m1/s1. The van der Waals surface area contributed by atoms with Gasteiger partial charge in [0.2, 0.25) is 5.16 Å². The molecule has 0 radical (unpaired) electrons. The van der Waals surface area contributed by atoms with Crippen LogP contribution >= 0.6 is 11.8 Å². The Bertz CT molecular complexity index is 1490. The summed E-state index contributed by atoms with van der Waals surface area (Å²) >= 11 is 1.49. The zero-order valence-corrected chi connectivity index (χ0v) is 21.8. The fourth-order valence-electron chi connectivity index (χ4n) is 4.77. The summed E-state index contributed by atoms with van der Waals surface area (Å²) in [5.74, 6) is -0.115. The van der Waals surface area contributed by atoms with Gasteiger partial charge >= 0.3 is 0 Å². The number of aliphatic hydroxyl groups is 1. The highest BCUT2D eigenvalue weighted by atomic mass is 32.2. The molecule has 198 valence electrons. The maximum absolute atomic E-state index is 13.1. The van der Waals surface area contributed by atoms with Crippen molar-refractivity contribution in [2.24, 2.45) is 7.05 Å². The van der Waals surface area contributed by atoms with Gasteiger partial charge in [0.15, 0.2) is 6.29 Å². The maximum Gasteiger partial charge on any atom is 0.266 e. The van der Waals surface area contributed by atoms with Crippen LogP contribution in [0.25, 0.3) is 0 Å². The number of nitrogens with zero attached hydrogens (tertiary/aromatic N) is 5. The third kappa shape index (κ3) is 4.97. The van der Waals surface area contributed by atoms with Crippen LogP contribution < -0.4 is 4.90 Å². The number of aryl methyl sites for hydroxylation is 1. The molecule has 2 aliphatic heterocycles. The van der Waals surface area contributed by atoms with Crippen LogP contribution in [0.1, 0.15) is 56.2 Å². The summed E-state index contributed by atoms with van der Waals surface area (Å²) in [5, 5.41) is 21.7. The molecule has 1 aromatic heterocycles. The first kappa shape index (κ1) is 25.4. The van der Waals surface area contributed by atoms with E-state index in [1.165, 1.54) is 16.7 Å². The van der Waals surface area contributed by atoms with Crippen LogP contribution in [0, 0.1) is 0 Å². The summed E-state index contributed by atoms with van der Waals surface area (Å²) in [6.45, 7) is -0.0346. The van der Waals surface area contributed by atoms with E-state index < -0.39 is 6.29 Å². The quantitative estimate of drug-likeness (QED) is 0.274. The largest absolute Gasteiger partial charge is 0.392 e. The van der Waals surface area contributed by atoms with Gasteiger partial charge in [-0.1, -0.05) is 60.3 Å². The summed E-state index contributed by atoms with van der Waals surface area (Å²) in [6.07, 6.45) is -0.607. The van der Waals surface area contributed by atoms with Gasteiger partial charge in [0, 0.05) is 24.8 Å². The number of thioether (sulfide) groups is 1. The average molecular weight is 544 g/mol. The van der Waals surface area contributed by atoms with E-state index in [0.29, 0.717) is 39.7 Å². The predicted octanol–water partition coefficient (Wildman–Crippen LogP) is 3.84. The summed E-state index contributed by atoms with van der Waals surface area (Å²) in [4.78, 5) is 27.3. The number of benzene rings is 3. The molecule has 1 N–H and O–H groups in total. The molecular weight excluding hydrogens is 518 g/mol. The van der Waals surface area contributed by atoms with Crippen molar-refractivity contribution in [3.05, 3.63) is 101 Å². The van der Waals surface area contributed by atoms with E-state index in [-0.39, 0.29) is 30.6 Å². The molecule has 39 heavy (non-hydrogen) atoms. The third-order valence-corrected chi connectivity index (χ3v) is 7.93. The lowest BCUT2D eigenvalue weighted by molar-refractivity contribution is -0.245. The Hall–Kier alpha value is -3.90. The van der Waals surface area contributed by atoms with Crippen LogP contribution in [0.5, 0.6) is 0 Å². The highest BCUT2D eigenvalue weighted by Crippen LogP contribution is 2.40. The lowest BCUT2D eigenvalue weighted by Crippen LogP contribution is -2.32. The van der Waals surface area contributed by atoms with Crippen LogP contribution in [0.3, 0.4) is 0 Å². The van der Waals surface area contributed by atoms with Crippen LogP contribution in [-0.4, -0.2) is 49.0 Å². The zero-order chi connectivity index (χ0) is 26.9. The Morgan fingerprint density at radius 2 is 1.69 bits per heavy atom. The van der Waals surface area contributed by atoms with Crippen molar-refractivity contribution < 1.29 is 24.2 Å². The Morgan fingerprint density at radius 1 is 0.949 bits per heavy atom. The maximum atomic E-state index is 13.1. The second-order valence-electron chi connectivity index (χ2n) is 9.33. The number of hydrogen-bond donors (Lipinski definition) is 1. The molecule has 6 rings (SSSR count). The van der Waals surface area contributed by atoms with Crippen LogP contribution in [-0.2, 0) is 23.1 Å². The molecule has 11 heteroatoms. The monoisotopic (exact) mass is 543 g/mol. The Kier molecular flexibility index (Phi) is 6.96. The first-order chi connectivity index (χ1) is 19.0. The van der Waals surface area contributed by atoms with E-state index in [1.54, 1.807) is 54.2 Å². The zero-order valence-electron chi connectivity index (χ0n) is 21.0. The number of tetrazole rings is 1. The molecule has 0 saturated carbocycles.